The second-order valence-corrected chi connectivity index (χ2v) is 14.0. The smallest absolute Gasteiger partial charge is 0.160 e. The first-order valence-corrected chi connectivity index (χ1v) is 18.9. The summed E-state index contributed by atoms with van der Waals surface area (Å²) in [4.78, 5) is 15.3. The van der Waals surface area contributed by atoms with Crippen molar-refractivity contribution in [1.29, 1.82) is 0 Å². The van der Waals surface area contributed by atoms with Gasteiger partial charge in [0.15, 0.2) is 5.82 Å². The summed E-state index contributed by atoms with van der Waals surface area (Å²) in [6.45, 7) is 0. The predicted molar refractivity (Wildman–Crippen MR) is 233 cm³/mol. The fourth-order valence-electron chi connectivity index (χ4n) is 7.62. The SMILES string of the molecule is c1ccc(-c2cccc(-c3cc(-c4ccc(-c5ccc(-c6cc(-c7ccccc7)c7c(ccc8ccccc87)n6)cc5)cc4)nc(-c4ccccc4)n3)c2)cc1. The lowest BCUT2D eigenvalue weighted by Crippen LogP contribution is -1.96. The largest absolute Gasteiger partial charge is 0.248 e. The molecule has 56 heavy (non-hydrogen) atoms. The molecule has 0 N–H and O–H groups in total. The highest BCUT2D eigenvalue weighted by molar-refractivity contribution is 6.13. The molecule has 3 nitrogen and oxygen atoms in total. The lowest BCUT2D eigenvalue weighted by molar-refractivity contribution is 1.18. The van der Waals surface area contributed by atoms with Crippen LogP contribution in [0.3, 0.4) is 0 Å². The van der Waals surface area contributed by atoms with Gasteiger partial charge in [0, 0.05) is 27.6 Å². The molecule has 0 saturated carbocycles. The van der Waals surface area contributed by atoms with Gasteiger partial charge in [0.2, 0.25) is 0 Å². The highest BCUT2D eigenvalue weighted by atomic mass is 14.9. The normalized spacial score (nSPS) is 11.2. The zero-order valence-electron chi connectivity index (χ0n) is 30.5. The molecule has 0 bridgehead atoms. The third kappa shape index (κ3) is 6.42. The monoisotopic (exact) mass is 713 g/mol. The molecule has 0 amide bonds. The van der Waals surface area contributed by atoms with Crippen LogP contribution in [0.5, 0.6) is 0 Å². The summed E-state index contributed by atoms with van der Waals surface area (Å²) < 4.78 is 0. The number of fused-ring (bicyclic) bond motifs is 3. The molecule has 0 saturated heterocycles. The van der Waals surface area contributed by atoms with E-state index in [1.807, 2.05) is 24.3 Å². The van der Waals surface area contributed by atoms with Crippen molar-refractivity contribution >= 4 is 21.7 Å². The first kappa shape index (κ1) is 33.1. The molecule has 0 unspecified atom stereocenters. The van der Waals surface area contributed by atoms with E-state index in [4.69, 9.17) is 15.0 Å². The van der Waals surface area contributed by atoms with Crippen LogP contribution in [-0.4, -0.2) is 15.0 Å². The van der Waals surface area contributed by atoms with Gasteiger partial charge in [-0.05, 0) is 68.4 Å². The molecule has 262 valence electrons. The maximum Gasteiger partial charge on any atom is 0.160 e. The molecule has 0 fully saturated rings. The minimum absolute atomic E-state index is 0.703. The summed E-state index contributed by atoms with van der Waals surface area (Å²) in [5.41, 5.74) is 14.8. The summed E-state index contributed by atoms with van der Waals surface area (Å²) in [6, 6.07) is 74.5. The molecule has 3 heteroatoms. The highest BCUT2D eigenvalue weighted by Crippen LogP contribution is 2.37. The third-order valence-electron chi connectivity index (χ3n) is 10.5. The molecule has 0 spiro atoms. The standard InChI is InChI=1S/C53H35N3/c1-4-13-36(14-5-1)44-20-12-21-45(33-44)51-35-50(55-53(56-51)43-18-8-3-9-19-43)42-29-25-38(26-30-42)37-23-27-41(28-24-37)49-34-47(39-15-6-2-7-16-39)52-46-22-11-10-17-40(46)31-32-48(52)54-49/h1-35H. The van der Waals surface area contributed by atoms with E-state index in [0.717, 1.165) is 61.5 Å². The average Bonchev–Trinajstić information content (AvgIpc) is 3.29. The molecule has 0 aliphatic heterocycles. The van der Waals surface area contributed by atoms with Gasteiger partial charge in [0.05, 0.1) is 22.6 Å². The Kier molecular flexibility index (Phi) is 8.51. The molecule has 0 aliphatic rings. The van der Waals surface area contributed by atoms with Crippen molar-refractivity contribution in [2.75, 3.05) is 0 Å². The zero-order chi connectivity index (χ0) is 37.3. The third-order valence-corrected chi connectivity index (χ3v) is 10.5. The van der Waals surface area contributed by atoms with Crippen molar-refractivity contribution in [2.45, 2.75) is 0 Å². The van der Waals surface area contributed by atoms with Gasteiger partial charge in [-0.3, -0.25) is 0 Å². The summed E-state index contributed by atoms with van der Waals surface area (Å²) in [5, 5.41) is 3.61. The van der Waals surface area contributed by atoms with Gasteiger partial charge in [0.25, 0.3) is 0 Å². The summed E-state index contributed by atoms with van der Waals surface area (Å²) in [6.07, 6.45) is 0. The van der Waals surface area contributed by atoms with Gasteiger partial charge in [-0.15, -0.1) is 0 Å². The summed E-state index contributed by atoms with van der Waals surface area (Å²) in [7, 11) is 0. The molecule has 0 radical (unpaired) electrons. The van der Waals surface area contributed by atoms with Gasteiger partial charge in [0.1, 0.15) is 0 Å². The van der Waals surface area contributed by atoms with Crippen LogP contribution in [-0.2, 0) is 0 Å². The van der Waals surface area contributed by atoms with E-state index < -0.39 is 0 Å². The molecular weight excluding hydrogens is 679 g/mol. The fraction of sp³-hybridized carbons (Fsp3) is 0. The van der Waals surface area contributed by atoms with E-state index in [9.17, 15) is 0 Å². The Morgan fingerprint density at radius 3 is 1.41 bits per heavy atom. The Morgan fingerprint density at radius 2 is 0.750 bits per heavy atom. The van der Waals surface area contributed by atoms with Crippen LogP contribution < -0.4 is 0 Å². The minimum Gasteiger partial charge on any atom is -0.248 e. The van der Waals surface area contributed by atoms with Crippen molar-refractivity contribution in [3.8, 4) is 78.5 Å². The fourth-order valence-corrected chi connectivity index (χ4v) is 7.62. The van der Waals surface area contributed by atoms with E-state index in [2.05, 4.69) is 188 Å². The van der Waals surface area contributed by atoms with Gasteiger partial charge in [-0.2, -0.15) is 0 Å². The predicted octanol–water partition coefficient (Wildman–Crippen LogP) is 13.8. The number of benzene rings is 8. The van der Waals surface area contributed by atoms with Crippen molar-refractivity contribution in [2.24, 2.45) is 0 Å². The second-order valence-electron chi connectivity index (χ2n) is 14.0. The van der Waals surface area contributed by atoms with E-state index in [-0.39, 0.29) is 0 Å². The highest BCUT2D eigenvalue weighted by Gasteiger charge is 2.14. The van der Waals surface area contributed by atoms with Crippen LogP contribution in [0.1, 0.15) is 0 Å². The zero-order valence-corrected chi connectivity index (χ0v) is 30.5. The maximum absolute atomic E-state index is 5.20. The number of hydrogen-bond donors (Lipinski definition) is 0. The maximum atomic E-state index is 5.20. The Morgan fingerprint density at radius 1 is 0.268 bits per heavy atom. The van der Waals surface area contributed by atoms with Crippen molar-refractivity contribution in [3.05, 3.63) is 212 Å². The second kappa shape index (κ2) is 14.4. The molecule has 2 heterocycles. The number of pyridine rings is 1. The Balaban J connectivity index is 0.988. The summed E-state index contributed by atoms with van der Waals surface area (Å²) in [5.74, 6) is 0.703. The lowest BCUT2D eigenvalue weighted by Gasteiger charge is -2.13. The first-order chi connectivity index (χ1) is 27.7. The van der Waals surface area contributed by atoms with Crippen molar-refractivity contribution in [3.63, 3.8) is 0 Å². The average molecular weight is 714 g/mol. The Labute approximate surface area is 326 Å². The van der Waals surface area contributed by atoms with E-state index in [1.165, 1.54) is 32.8 Å². The number of hydrogen-bond acceptors (Lipinski definition) is 3. The number of nitrogens with zero attached hydrogens (tertiary/aromatic N) is 3. The summed E-state index contributed by atoms with van der Waals surface area (Å²) >= 11 is 0. The Bertz CT molecular complexity index is 2980. The quantitative estimate of drug-likeness (QED) is 0.154. The van der Waals surface area contributed by atoms with Crippen LogP contribution in [0, 0.1) is 0 Å². The van der Waals surface area contributed by atoms with Gasteiger partial charge in [-0.1, -0.05) is 188 Å². The van der Waals surface area contributed by atoms with Gasteiger partial charge >= 0.3 is 0 Å². The van der Waals surface area contributed by atoms with Crippen LogP contribution >= 0.6 is 0 Å². The van der Waals surface area contributed by atoms with E-state index in [1.54, 1.807) is 0 Å². The molecule has 10 rings (SSSR count). The lowest BCUT2D eigenvalue weighted by atomic mass is 9.94. The van der Waals surface area contributed by atoms with Gasteiger partial charge < -0.3 is 0 Å². The molecule has 10 aromatic rings. The molecule has 2 aromatic heterocycles. The van der Waals surface area contributed by atoms with E-state index >= 15 is 0 Å². The molecule has 8 aromatic carbocycles. The van der Waals surface area contributed by atoms with Gasteiger partial charge in [-0.25, -0.2) is 15.0 Å². The first-order valence-electron chi connectivity index (χ1n) is 18.9. The topological polar surface area (TPSA) is 38.7 Å². The Hall–Kier alpha value is -7.49. The van der Waals surface area contributed by atoms with Crippen LogP contribution in [0.15, 0.2) is 212 Å². The van der Waals surface area contributed by atoms with Crippen molar-refractivity contribution in [1.82, 2.24) is 15.0 Å². The molecule has 0 atom stereocenters. The van der Waals surface area contributed by atoms with Crippen LogP contribution in [0.4, 0.5) is 0 Å². The van der Waals surface area contributed by atoms with Crippen LogP contribution in [0.2, 0.25) is 0 Å². The van der Waals surface area contributed by atoms with E-state index in [0.29, 0.717) is 5.82 Å². The minimum atomic E-state index is 0.703. The number of aromatic nitrogens is 3. The van der Waals surface area contributed by atoms with Crippen LogP contribution in [0.25, 0.3) is 100 Å². The molecule has 0 aliphatic carbocycles. The number of rotatable bonds is 7. The molecular formula is C53H35N3. The van der Waals surface area contributed by atoms with Crippen molar-refractivity contribution < 1.29 is 0 Å².